The Morgan fingerprint density at radius 3 is 2.58 bits per heavy atom. The van der Waals surface area contributed by atoms with E-state index in [0.717, 1.165) is 19.3 Å². The normalized spacial score (nSPS) is 34.3. The Morgan fingerprint density at radius 1 is 1.67 bits per heavy atom. The zero-order valence-corrected chi connectivity index (χ0v) is 7.55. The predicted molar refractivity (Wildman–Crippen MR) is 46.8 cm³/mol. The largest absolute Gasteiger partial charge is 0.481 e. The number of carboxylic acids is 1. The molecule has 0 spiro atoms. The van der Waals surface area contributed by atoms with Gasteiger partial charge in [0, 0.05) is 0 Å². The quantitative estimate of drug-likeness (QED) is 0.668. The predicted octanol–water partition coefficient (Wildman–Crippen LogP) is 1.23. The summed E-state index contributed by atoms with van der Waals surface area (Å²) in [7, 11) is 0. The summed E-state index contributed by atoms with van der Waals surface area (Å²) in [5.74, 6) is 0.00269. The van der Waals surface area contributed by atoms with E-state index in [1.165, 1.54) is 0 Å². The van der Waals surface area contributed by atoms with Crippen LogP contribution in [0.1, 0.15) is 32.6 Å². The molecule has 0 aromatic rings. The summed E-state index contributed by atoms with van der Waals surface area (Å²) >= 11 is 0. The van der Waals surface area contributed by atoms with Gasteiger partial charge in [-0.3, -0.25) is 4.79 Å². The van der Waals surface area contributed by atoms with Crippen molar-refractivity contribution in [1.29, 1.82) is 0 Å². The van der Waals surface area contributed by atoms with Crippen LogP contribution >= 0.6 is 0 Å². The van der Waals surface area contributed by atoms with E-state index in [0.29, 0.717) is 12.5 Å². The van der Waals surface area contributed by atoms with Crippen molar-refractivity contribution in [3.8, 4) is 0 Å². The Kier molecular flexibility index (Phi) is 2.73. The maximum Gasteiger partial charge on any atom is 0.303 e. The summed E-state index contributed by atoms with van der Waals surface area (Å²) in [6, 6.07) is 0. The van der Waals surface area contributed by atoms with E-state index in [9.17, 15) is 4.79 Å². The SMILES string of the molecule is CCC1CC(CN)(CC(=O)O)C1. The first-order valence-corrected chi connectivity index (χ1v) is 4.54. The molecule has 0 unspecified atom stereocenters. The molecule has 0 saturated heterocycles. The molecule has 3 nitrogen and oxygen atoms in total. The van der Waals surface area contributed by atoms with Crippen molar-refractivity contribution >= 4 is 5.97 Å². The molecule has 1 fully saturated rings. The van der Waals surface area contributed by atoms with Gasteiger partial charge in [0.25, 0.3) is 0 Å². The van der Waals surface area contributed by atoms with Crippen LogP contribution in [0, 0.1) is 11.3 Å². The lowest BCUT2D eigenvalue weighted by atomic mass is 9.59. The van der Waals surface area contributed by atoms with Crippen LogP contribution in [0.5, 0.6) is 0 Å². The van der Waals surface area contributed by atoms with Gasteiger partial charge in [-0.1, -0.05) is 13.3 Å². The van der Waals surface area contributed by atoms with Gasteiger partial charge in [0.1, 0.15) is 0 Å². The van der Waals surface area contributed by atoms with Gasteiger partial charge in [0.15, 0.2) is 0 Å². The molecular formula is C9H17NO2. The van der Waals surface area contributed by atoms with Gasteiger partial charge in [-0.05, 0) is 30.7 Å². The monoisotopic (exact) mass is 171 g/mol. The van der Waals surface area contributed by atoms with Crippen LogP contribution in [0.15, 0.2) is 0 Å². The lowest BCUT2D eigenvalue weighted by molar-refractivity contribution is -0.142. The first-order chi connectivity index (χ1) is 5.62. The van der Waals surface area contributed by atoms with Crippen molar-refractivity contribution < 1.29 is 9.90 Å². The van der Waals surface area contributed by atoms with Crippen molar-refractivity contribution in [2.75, 3.05) is 6.54 Å². The van der Waals surface area contributed by atoms with Crippen LogP contribution < -0.4 is 5.73 Å². The minimum absolute atomic E-state index is 0.0630. The third-order valence-electron chi connectivity index (χ3n) is 2.98. The second kappa shape index (κ2) is 3.44. The summed E-state index contributed by atoms with van der Waals surface area (Å²) < 4.78 is 0. The molecule has 3 heteroatoms. The average molecular weight is 171 g/mol. The van der Waals surface area contributed by atoms with Crippen LogP contribution in [0.2, 0.25) is 0 Å². The van der Waals surface area contributed by atoms with E-state index >= 15 is 0 Å². The standard InChI is InChI=1S/C9H17NO2/c1-2-7-3-9(4-7,6-10)5-8(11)12/h7H,2-6,10H2,1H3,(H,11,12). The van der Waals surface area contributed by atoms with Crippen LogP contribution in [0.25, 0.3) is 0 Å². The fourth-order valence-electron chi connectivity index (χ4n) is 2.16. The Labute approximate surface area is 72.9 Å². The molecular weight excluding hydrogens is 154 g/mol. The molecule has 0 aromatic carbocycles. The number of hydrogen-bond acceptors (Lipinski definition) is 2. The lowest BCUT2D eigenvalue weighted by Crippen LogP contribution is -2.44. The number of hydrogen-bond donors (Lipinski definition) is 2. The van der Waals surface area contributed by atoms with E-state index in [4.69, 9.17) is 10.8 Å². The van der Waals surface area contributed by atoms with Crippen LogP contribution in [0.4, 0.5) is 0 Å². The van der Waals surface area contributed by atoms with Crippen molar-refractivity contribution in [3.63, 3.8) is 0 Å². The van der Waals surface area contributed by atoms with Gasteiger partial charge in [-0.15, -0.1) is 0 Å². The summed E-state index contributed by atoms with van der Waals surface area (Å²) in [6.07, 6.45) is 3.42. The zero-order valence-electron chi connectivity index (χ0n) is 7.55. The zero-order chi connectivity index (χ0) is 9.19. The van der Waals surface area contributed by atoms with Gasteiger partial charge < -0.3 is 10.8 Å². The lowest BCUT2D eigenvalue weighted by Gasteiger charge is -2.46. The number of rotatable bonds is 4. The summed E-state index contributed by atoms with van der Waals surface area (Å²) in [4.78, 5) is 10.5. The molecule has 1 aliphatic carbocycles. The molecule has 1 saturated carbocycles. The van der Waals surface area contributed by atoms with Gasteiger partial charge >= 0.3 is 5.97 Å². The Balaban J connectivity index is 2.41. The second-order valence-electron chi connectivity index (χ2n) is 3.96. The molecule has 0 heterocycles. The molecule has 0 amide bonds. The number of aliphatic carboxylic acids is 1. The topological polar surface area (TPSA) is 63.3 Å². The fraction of sp³-hybridized carbons (Fsp3) is 0.889. The summed E-state index contributed by atoms with van der Waals surface area (Å²) in [5.41, 5.74) is 5.51. The molecule has 1 aliphatic rings. The van der Waals surface area contributed by atoms with E-state index in [1.54, 1.807) is 0 Å². The van der Waals surface area contributed by atoms with E-state index in [-0.39, 0.29) is 11.8 Å². The molecule has 0 aliphatic heterocycles. The Morgan fingerprint density at radius 2 is 2.25 bits per heavy atom. The number of nitrogens with two attached hydrogens (primary N) is 1. The van der Waals surface area contributed by atoms with Crippen molar-refractivity contribution in [2.45, 2.75) is 32.6 Å². The van der Waals surface area contributed by atoms with Crippen LogP contribution in [-0.2, 0) is 4.79 Å². The van der Waals surface area contributed by atoms with E-state index < -0.39 is 5.97 Å². The second-order valence-corrected chi connectivity index (χ2v) is 3.96. The maximum absolute atomic E-state index is 10.5. The first-order valence-electron chi connectivity index (χ1n) is 4.54. The van der Waals surface area contributed by atoms with Crippen molar-refractivity contribution in [1.82, 2.24) is 0 Å². The molecule has 70 valence electrons. The maximum atomic E-state index is 10.5. The molecule has 1 rings (SSSR count). The summed E-state index contributed by atoms with van der Waals surface area (Å²) in [6.45, 7) is 2.67. The molecule has 0 atom stereocenters. The third kappa shape index (κ3) is 1.78. The van der Waals surface area contributed by atoms with Gasteiger partial charge in [0.05, 0.1) is 6.42 Å². The van der Waals surface area contributed by atoms with Crippen molar-refractivity contribution in [3.05, 3.63) is 0 Å². The average Bonchev–Trinajstić information content (AvgIpc) is 1.95. The van der Waals surface area contributed by atoms with Gasteiger partial charge in [-0.25, -0.2) is 0 Å². The van der Waals surface area contributed by atoms with E-state index in [2.05, 4.69) is 6.92 Å². The number of carbonyl (C=O) groups is 1. The highest BCUT2D eigenvalue weighted by Crippen LogP contribution is 2.48. The molecule has 0 aromatic heterocycles. The fourth-order valence-corrected chi connectivity index (χ4v) is 2.16. The number of carboxylic acid groups (broad SMARTS) is 1. The first kappa shape index (κ1) is 9.52. The molecule has 3 N–H and O–H groups in total. The highest BCUT2D eigenvalue weighted by Gasteiger charge is 2.43. The third-order valence-corrected chi connectivity index (χ3v) is 2.98. The molecule has 0 bridgehead atoms. The minimum atomic E-state index is -0.713. The van der Waals surface area contributed by atoms with Crippen molar-refractivity contribution in [2.24, 2.45) is 17.1 Å². The van der Waals surface area contributed by atoms with Crippen LogP contribution in [0.3, 0.4) is 0 Å². The molecule has 12 heavy (non-hydrogen) atoms. The summed E-state index contributed by atoms with van der Waals surface area (Å²) in [5, 5.41) is 8.65. The van der Waals surface area contributed by atoms with Gasteiger partial charge in [0.2, 0.25) is 0 Å². The smallest absolute Gasteiger partial charge is 0.303 e. The highest BCUT2D eigenvalue weighted by atomic mass is 16.4. The Bertz CT molecular complexity index is 173. The molecule has 0 radical (unpaired) electrons. The Hall–Kier alpha value is -0.570. The van der Waals surface area contributed by atoms with Crippen LogP contribution in [-0.4, -0.2) is 17.6 Å². The highest BCUT2D eigenvalue weighted by molar-refractivity contribution is 5.68. The van der Waals surface area contributed by atoms with Gasteiger partial charge in [-0.2, -0.15) is 0 Å². The minimum Gasteiger partial charge on any atom is -0.481 e. The van der Waals surface area contributed by atoms with E-state index in [1.807, 2.05) is 0 Å².